The maximum Gasteiger partial charge on any atom is 0.272 e. The molecule has 3 saturated carbocycles. The summed E-state index contributed by atoms with van der Waals surface area (Å²) in [6.07, 6.45) is 12.2. The Kier molecular flexibility index (Phi) is 11.9. The van der Waals surface area contributed by atoms with Crippen LogP contribution >= 0.6 is 0 Å². The lowest BCUT2D eigenvalue weighted by Crippen LogP contribution is -2.63. The lowest BCUT2D eigenvalue weighted by molar-refractivity contribution is -0.146. The van der Waals surface area contributed by atoms with Gasteiger partial charge in [-0.3, -0.25) is 29.0 Å². The number of amides is 5. The maximum absolute atomic E-state index is 14.6. The zero-order chi connectivity index (χ0) is 37.1. The quantitative estimate of drug-likeness (QED) is 0.183. The van der Waals surface area contributed by atoms with Crippen LogP contribution in [0.5, 0.6) is 0 Å². The Morgan fingerprint density at radius 2 is 1.71 bits per heavy atom. The molecule has 0 radical (unpaired) electrons. The molecule has 2 heterocycles. The molecule has 13 nitrogen and oxygen atoms in total. The molecule has 1 saturated heterocycles. The Labute approximate surface area is 301 Å². The predicted molar refractivity (Wildman–Crippen MR) is 191 cm³/mol. The van der Waals surface area contributed by atoms with Gasteiger partial charge in [0.2, 0.25) is 17.7 Å². The van der Waals surface area contributed by atoms with Crippen molar-refractivity contribution in [1.82, 2.24) is 36.1 Å². The van der Waals surface area contributed by atoms with Gasteiger partial charge >= 0.3 is 0 Å². The molecular formula is C38H57N7O6. The van der Waals surface area contributed by atoms with E-state index in [-0.39, 0.29) is 47.2 Å². The van der Waals surface area contributed by atoms with Gasteiger partial charge in [-0.1, -0.05) is 79.2 Å². The summed E-state index contributed by atoms with van der Waals surface area (Å²) in [6.45, 7) is 13.9. The molecule has 7 atom stereocenters. The smallest absolute Gasteiger partial charge is 0.272 e. The van der Waals surface area contributed by atoms with Gasteiger partial charge in [-0.05, 0) is 53.8 Å². The van der Waals surface area contributed by atoms with E-state index >= 15 is 0 Å². The number of carbonyl (C=O) groups is 5. The minimum atomic E-state index is -1.46. The molecule has 5 N–H and O–H groups in total. The average molecular weight is 708 g/mol. The Hall–Kier alpha value is -3.87. The van der Waals surface area contributed by atoms with Crippen molar-refractivity contribution in [3.8, 4) is 0 Å². The first-order valence-corrected chi connectivity index (χ1v) is 18.7. The van der Waals surface area contributed by atoms with E-state index in [0.29, 0.717) is 13.0 Å². The fraction of sp³-hybridized carbons (Fsp3) is 0.711. The second-order valence-corrected chi connectivity index (χ2v) is 16.8. The van der Waals surface area contributed by atoms with Crippen LogP contribution in [0.4, 0.5) is 0 Å². The molecule has 13 heteroatoms. The number of likely N-dealkylation sites (tertiary alicyclic amines) is 1. The van der Waals surface area contributed by atoms with Gasteiger partial charge in [0, 0.05) is 25.5 Å². The molecule has 4 aliphatic rings. The number of piperidine rings is 1. The molecule has 0 spiro atoms. The summed E-state index contributed by atoms with van der Waals surface area (Å²) in [5.41, 5.74) is -0.825. The van der Waals surface area contributed by atoms with Gasteiger partial charge in [-0.25, -0.2) is 4.98 Å². The van der Waals surface area contributed by atoms with E-state index in [9.17, 15) is 29.1 Å². The van der Waals surface area contributed by atoms with Crippen molar-refractivity contribution in [3.05, 3.63) is 36.9 Å². The van der Waals surface area contributed by atoms with Gasteiger partial charge in [0.15, 0.2) is 6.10 Å². The molecule has 280 valence electrons. The zero-order valence-electron chi connectivity index (χ0n) is 30.8. The highest BCUT2D eigenvalue weighted by molar-refractivity contribution is 5.98. The first-order valence-electron chi connectivity index (χ1n) is 18.7. The van der Waals surface area contributed by atoms with Crippen molar-refractivity contribution in [1.29, 1.82) is 0 Å². The number of aromatic nitrogens is 2. The number of hydrogen-bond acceptors (Lipinski definition) is 8. The third kappa shape index (κ3) is 8.61. The topological polar surface area (TPSA) is 183 Å². The van der Waals surface area contributed by atoms with E-state index in [2.05, 4.69) is 51.7 Å². The summed E-state index contributed by atoms with van der Waals surface area (Å²) >= 11 is 0. The predicted octanol–water partition coefficient (Wildman–Crippen LogP) is 2.51. The number of hydrogen-bond donors (Lipinski definition) is 5. The average Bonchev–Trinajstić information content (AvgIpc) is 3.39. The van der Waals surface area contributed by atoms with Gasteiger partial charge in [0.25, 0.3) is 11.8 Å². The van der Waals surface area contributed by atoms with Crippen molar-refractivity contribution < 1.29 is 29.1 Å². The first-order chi connectivity index (χ1) is 24.1. The van der Waals surface area contributed by atoms with Crippen molar-refractivity contribution in [3.63, 3.8) is 0 Å². The summed E-state index contributed by atoms with van der Waals surface area (Å²) in [6, 6.07) is -3.54. The molecule has 5 amide bonds. The van der Waals surface area contributed by atoms with Crippen molar-refractivity contribution in [2.45, 2.75) is 123 Å². The van der Waals surface area contributed by atoms with Gasteiger partial charge < -0.3 is 31.3 Å². The zero-order valence-corrected chi connectivity index (χ0v) is 30.8. The molecule has 0 aromatic carbocycles. The Balaban J connectivity index is 1.36. The second-order valence-electron chi connectivity index (χ2n) is 16.8. The molecular weight excluding hydrogens is 650 g/mol. The standard InChI is InChI=1S/C38H57N7O6/c1-7-16-41-35(50)30(46)25(19-22-12-11-13-22)42-34(49)29-27-24(38(27,5)6)21-45(29)36(51)31(37(2,3)4)44-33(48)28(23-14-9-8-10-15-23)43-32(47)26-20-39-17-18-40-26/h7,17-18,20,22-25,27-31,46H,1,8-16,19,21H2,2-6H3,(H,41,50)(H,42,49)(H,43,47)(H,44,48)/t24-,25?,27-,28-,29-,30?,31+/m0/s1. The molecule has 0 bridgehead atoms. The summed E-state index contributed by atoms with van der Waals surface area (Å²) in [7, 11) is 0. The molecule has 2 unspecified atom stereocenters. The Bertz CT molecular complexity index is 1450. The van der Waals surface area contributed by atoms with Crippen LogP contribution in [0.25, 0.3) is 0 Å². The number of aliphatic hydroxyl groups is 1. The van der Waals surface area contributed by atoms with Crippen LogP contribution in [0.15, 0.2) is 31.2 Å². The van der Waals surface area contributed by atoms with E-state index < -0.39 is 59.3 Å². The minimum absolute atomic E-state index is 0.0840. The normalized spacial score (nSPS) is 25.2. The van der Waals surface area contributed by atoms with E-state index in [1.54, 1.807) is 4.90 Å². The highest BCUT2D eigenvalue weighted by Gasteiger charge is 2.70. The number of aliphatic hydroxyl groups excluding tert-OH is 1. The van der Waals surface area contributed by atoms with E-state index in [1.165, 1.54) is 24.7 Å². The van der Waals surface area contributed by atoms with Crippen LogP contribution < -0.4 is 21.3 Å². The Morgan fingerprint density at radius 1 is 1.00 bits per heavy atom. The van der Waals surface area contributed by atoms with Gasteiger partial charge in [-0.15, -0.1) is 6.58 Å². The Morgan fingerprint density at radius 3 is 2.29 bits per heavy atom. The van der Waals surface area contributed by atoms with E-state index in [4.69, 9.17) is 0 Å². The molecule has 1 aliphatic heterocycles. The summed E-state index contributed by atoms with van der Waals surface area (Å²) in [4.78, 5) is 78.8. The summed E-state index contributed by atoms with van der Waals surface area (Å²) in [5.74, 6) is -2.19. The van der Waals surface area contributed by atoms with Crippen molar-refractivity contribution in [2.75, 3.05) is 13.1 Å². The van der Waals surface area contributed by atoms with E-state index in [1.807, 2.05) is 20.8 Å². The summed E-state index contributed by atoms with van der Waals surface area (Å²) < 4.78 is 0. The van der Waals surface area contributed by atoms with Crippen LogP contribution in [-0.4, -0.2) is 92.9 Å². The second kappa shape index (κ2) is 15.8. The van der Waals surface area contributed by atoms with Crippen molar-refractivity contribution >= 4 is 29.5 Å². The van der Waals surface area contributed by atoms with Crippen LogP contribution in [0.3, 0.4) is 0 Å². The number of nitrogens with one attached hydrogen (secondary N) is 4. The largest absolute Gasteiger partial charge is 0.381 e. The SMILES string of the molecule is C=CCNC(=O)C(O)C(CC1CCC1)NC(=O)[C@@H]1[C@@H]2[C@H](CN1C(=O)[C@@H](NC(=O)[C@@H](NC(=O)c1cnccn1)C1CCCCC1)C(C)(C)C)C2(C)C. The van der Waals surface area contributed by atoms with Gasteiger partial charge in [0.1, 0.15) is 23.8 Å². The highest BCUT2D eigenvalue weighted by Crippen LogP contribution is 2.65. The lowest BCUT2D eigenvalue weighted by atomic mass is 9.79. The third-order valence-electron chi connectivity index (χ3n) is 11.9. The fourth-order valence-corrected chi connectivity index (χ4v) is 8.44. The molecule has 51 heavy (non-hydrogen) atoms. The van der Waals surface area contributed by atoms with Crippen LogP contribution in [0, 0.1) is 34.5 Å². The summed E-state index contributed by atoms with van der Waals surface area (Å²) in [5, 5.41) is 22.6. The molecule has 3 aliphatic carbocycles. The minimum Gasteiger partial charge on any atom is -0.381 e. The number of carbonyl (C=O) groups excluding carboxylic acids is 5. The molecule has 5 rings (SSSR count). The van der Waals surface area contributed by atoms with Crippen LogP contribution in [-0.2, 0) is 19.2 Å². The number of rotatable bonds is 14. The lowest BCUT2D eigenvalue weighted by Gasteiger charge is -2.39. The van der Waals surface area contributed by atoms with E-state index in [0.717, 1.165) is 51.4 Å². The highest BCUT2D eigenvalue weighted by atomic mass is 16.3. The van der Waals surface area contributed by atoms with Gasteiger partial charge in [-0.2, -0.15) is 0 Å². The number of fused-ring (bicyclic) bond motifs is 1. The van der Waals surface area contributed by atoms with Crippen LogP contribution in [0.2, 0.25) is 0 Å². The van der Waals surface area contributed by atoms with Gasteiger partial charge in [0.05, 0.1) is 12.2 Å². The fourth-order valence-electron chi connectivity index (χ4n) is 8.44. The number of nitrogens with zero attached hydrogens (tertiary/aromatic N) is 3. The van der Waals surface area contributed by atoms with Crippen LogP contribution in [0.1, 0.15) is 103 Å². The molecule has 1 aromatic heterocycles. The monoisotopic (exact) mass is 707 g/mol. The molecule has 4 fully saturated rings. The third-order valence-corrected chi connectivity index (χ3v) is 11.9. The van der Waals surface area contributed by atoms with Crippen molar-refractivity contribution in [2.24, 2.45) is 34.5 Å². The maximum atomic E-state index is 14.6. The molecule has 1 aromatic rings. The first kappa shape index (κ1) is 38.4.